The summed E-state index contributed by atoms with van der Waals surface area (Å²) in [6.07, 6.45) is 19.0. The molecule has 2 saturated carbocycles. The highest BCUT2D eigenvalue weighted by molar-refractivity contribution is 6.28. The zero-order valence-electron chi connectivity index (χ0n) is 33.8. The molecule has 4 aromatic heterocycles. The Morgan fingerprint density at radius 3 is 1.73 bits per heavy atom. The number of H-pyrrole nitrogens is 1. The van der Waals surface area contributed by atoms with Gasteiger partial charge in [-0.1, -0.05) is 74.5 Å². The van der Waals surface area contributed by atoms with Gasteiger partial charge >= 0.3 is 0 Å². The molecule has 0 bridgehead atoms. The van der Waals surface area contributed by atoms with Crippen molar-refractivity contribution in [3.05, 3.63) is 103 Å². The lowest BCUT2D eigenvalue weighted by Gasteiger charge is -2.47. The molecule has 4 aliphatic rings. The molecule has 0 radical (unpaired) electrons. The third kappa shape index (κ3) is 7.76. The Labute approximate surface area is 349 Å². The van der Waals surface area contributed by atoms with Crippen LogP contribution in [0.15, 0.2) is 97.8 Å². The average Bonchev–Trinajstić information content (AvgIpc) is 3.96. The van der Waals surface area contributed by atoms with E-state index in [1.54, 1.807) is 41.6 Å². The van der Waals surface area contributed by atoms with E-state index in [1.165, 1.54) is 12.8 Å². The summed E-state index contributed by atoms with van der Waals surface area (Å²) in [4.78, 5) is 62.7. The number of likely N-dealkylation sites (N-methyl/N-ethyl adjacent to an activating group) is 2. The molecule has 2 amide bonds. The minimum Gasteiger partial charge on any atom is -0.345 e. The van der Waals surface area contributed by atoms with Gasteiger partial charge in [-0.3, -0.25) is 14.2 Å². The van der Waals surface area contributed by atoms with Crippen LogP contribution in [0.25, 0.3) is 28.7 Å². The van der Waals surface area contributed by atoms with Crippen molar-refractivity contribution in [1.82, 2.24) is 39.5 Å². The highest BCUT2D eigenvalue weighted by atomic mass is 35.5. The van der Waals surface area contributed by atoms with Gasteiger partial charge in [-0.25, -0.2) is 19.9 Å². The molecule has 2 fully saturated rings. The van der Waals surface area contributed by atoms with Crippen molar-refractivity contribution in [3.8, 4) is 28.7 Å². The Morgan fingerprint density at radius 2 is 1.22 bits per heavy atom. The number of benzene rings is 2. The minimum absolute atomic E-state index is 0.118. The van der Waals surface area contributed by atoms with Crippen LogP contribution in [0.3, 0.4) is 0 Å². The second-order valence-corrected chi connectivity index (χ2v) is 15.5. The summed E-state index contributed by atoms with van der Waals surface area (Å²) in [7, 11) is 3.59. The van der Waals surface area contributed by atoms with Crippen LogP contribution in [0.1, 0.15) is 65.2 Å². The molecule has 1 N–H and O–H groups in total. The van der Waals surface area contributed by atoms with Gasteiger partial charge in [-0.15, -0.1) is 0 Å². The van der Waals surface area contributed by atoms with Gasteiger partial charge in [-0.2, -0.15) is 9.97 Å². The van der Waals surface area contributed by atoms with Crippen LogP contribution in [0.2, 0.25) is 5.28 Å². The molecule has 15 heteroatoms. The fourth-order valence-electron chi connectivity index (χ4n) is 8.10. The van der Waals surface area contributed by atoms with Crippen molar-refractivity contribution in [3.63, 3.8) is 0 Å². The number of rotatable bonds is 7. The molecule has 304 valence electrons. The fourth-order valence-corrected chi connectivity index (χ4v) is 8.23. The molecule has 0 spiro atoms. The second-order valence-electron chi connectivity index (χ2n) is 15.1. The van der Waals surface area contributed by atoms with Gasteiger partial charge in [0, 0.05) is 62.1 Å². The van der Waals surface area contributed by atoms with Crippen molar-refractivity contribution in [2.45, 2.75) is 89.4 Å². The number of amides is 2. The number of hydrogen-bond donors (Lipinski definition) is 1. The highest BCUT2D eigenvalue weighted by Crippen LogP contribution is 2.42. The van der Waals surface area contributed by atoms with Crippen LogP contribution in [0.5, 0.6) is 0 Å². The van der Waals surface area contributed by atoms with Crippen LogP contribution in [-0.2, 0) is 9.59 Å². The number of carbonyl (C=O) groups is 2. The van der Waals surface area contributed by atoms with E-state index >= 15 is 0 Å². The van der Waals surface area contributed by atoms with Crippen LogP contribution < -0.4 is 19.6 Å². The van der Waals surface area contributed by atoms with Crippen LogP contribution in [0, 0.1) is 0 Å². The molecule has 2 aliphatic heterocycles. The first-order valence-corrected chi connectivity index (χ1v) is 20.8. The number of nitrogens with zero attached hydrogens (tertiary/aromatic N) is 11. The smallest absolute Gasteiger partial charge is 0.249 e. The molecular weight excluding hydrogens is 764 g/mol. The number of halogens is 1. The summed E-state index contributed by atoms with van der Waals surface area (Å²) in [6, 6.07) is 20.5. The van der Waals surface area contributed by atoms with Crippen LogP contribution >= 0.6 is 11.6 Å². The van der Waals surface area contributed by atoms with E-state index in [1.807, 2.05) is 91.6 Å². The highest BCUT2D eigenvalue weighted by Gasteiger charge is 2.43. The zero-order valence-corrected chi connectivity index (χ0v) is 34.6. The third-order valence-electron chi connectivity index (χ3n) is 11.7. The van der Waals surface area contributed by atoms with Gasteiger partial charge in [0.05, 0.1) is 12.4 Å². The first-order chi connectivity index (χ1) is 28.8. The van der Waals surface area contributed by atoms with Gasteiger partial charge in [0.1, 0.15) is 35.1 Å². The van der Waals surface area contributed by atoms with Crippen molar-refractivity contribution >= 4 is 46.4 Å². The maximum absolute atomic E-state index is 12.9. The lowest BCUT2D eigenvalue weighted by molar-refractivity contribution is -0.121. The lowest BCUT2D eigenvalue weighted by atomic mass is 9.88. The monoisotopic (exact) mass is 812 g/mol. The first-order valence-electron chi connectivity index (χ1n) is 20.4. The minimum atomic E-state index is -0.170. The number of nitrogens with one attached hydrogen (secondary N) is 1. The van der Waals surface area contributed by atoms with Gasteiger partial charge in [-0.05, 0) is 63.0 Å². The van der Waals surface area contributed by atoms with Crippen molar-refractivity contribution < 1.29 is 9.59 Å². The molecule has 59 heavy (non-hydrogen) atoms. The number of fused-ring (bicyclic) bond motifs is 2. The fraction of sp³-hybridized carbons (Fsp3) is 0.364. The van der Waals surface area contributed by atoms with Gasteiger partial charge in [0.15, 0.2) is 11.6 Å². The summed E-state index contributed by atoms with van der Waals surface area (Å²) < 4.78 is 1.91. The third-order valence-corrected chi connectivity index (χ3v) is 11.9. The molecule has 2 aliphatic carbocycles. The predicted octanol–water partition coefficient (Wildman–Crippen LogP) is 7.76. The summed E-state index contributed by atoms with van der Waals surface area (Å²) in [5.74, 6) is 4.18. The molecule has 6 aromatic rings. The number of aromatic nitrogens is 8. The molecular formula is C44H49ClN12O2. The molecule has 10 rings (SSSR count). The normalized spacial score (nSPS) is 18.8. The van der Waals surface area contributed by atoms with Gasteiger partial charge in [0.25, 0.3) is 0 Å². The van der Waals surface area contributed by atoms with Crippen LogP contribution in [-0.4, -0.2) is 89.5 Å². The number of hydrogen-bond acceptors (Lipinski definition) is 10. The maximum Gasteiger partial charge on any atom is 0.249 e. The van der Waals surface area contributed by atoms with E-state index < -0.39 is 0 Å². The Balaban J connectivity index is 0.000000137. The largest absolute Gasteiger partial charge is 0.345 e. The SMILES string of the molecule is CC[C@@H]1C(=O)N(C)c2cnc(-n3ccnc3-c3ccccc3)nc2N1C1CCC1.CC[C@@H]1C(=O)N(C)c2cnc(Cl)nc2N1C1CCC1.c1ccc(-c2ncc[nH]2)cc1. The maximum atomic E-state index is 12.9. The summed E-state index contributed by atoms with van der Waals surface area (Å²) in [6.45, 7) is 4.11. The quantitative estimate of drug-likeness (QED) is 0.159. The lowest BCUT2D eigenvalue weighted by Crippen LogP contribution is -2.57. The molecule has 6 heterocycles. The second kappa shape index (κ2) is 17.4. The predicted molar refractivity (Wildman–Crippen MR) is 231 cm³/mol. The van der Waals surface area contributed by atoms with E-state index in [0.29, 0.717) is 18.0 Å². The Morgan fingerprint density at radius 1 is 0.678 bits per heavy atom. The first kappa shape index (κ1) is 39.7. The van der Waals surface area contributed by atoms with Crippen LogP contribution in [0.4, 0.5) is 23.0 Å². The average molecular weight is 813 g/mol. The van der Waals surface area contributed by atoms with E-state index in [2.05, 4.69) is 46.6 Å². The van der Waals surface area contributed by atoms with E-state index in [-0.39, 0.29) is 29.2 Å². The summed E-state index contributed by atoms with van der Waals surface area (Å²) in [5, 5.41) is 0.237. The molecule has 0 unspecified atom stereocenters. The Kier molecular flexibility index (Phi) is 11.7. The summed E-state index contributed by atoms with van der Waals surface area (Å²) in [5.41, 5.74) is 3.66. The molecule has 14 nitrogen and oxygen atoms in total. The number of anilines is 4. The van der Waals surface area contributed by atoms with E-state index in [0.717, 1.165) is 84.3 Å². The van der Waals surface area contributed by atoms with E-state index in [4.69, 9.17) is 16.6 Å². The van der Waals surface area contributed by atoms with Gasteiger partial charge in [0.2, 0.25) is 23.0 Å². The van der Waals surface area contributed by atoms with Crippen molar-refractivity contribution in [1.29, 1.82) is 0 Å². The van der Waals surface area contributed by atoms with Crippen molar-refractivity contribution in [2.75, 3.05) is 33.7 Å². The Bertz CT molecular complexity index is 2370. The Hall–Kier alpha value is -6.15. The topological polar surface area (TPSA) is 145 Å². The standard InChI is InChI=1S/C22H24N6O.C13H17ClN4O.C9H8N2/c1-3-17-21(29)26(2)18-14-24-22(25-20(18)28(17)16-10-7-11-16)27-13-12-23-19(27)15-8-5-4-6-9-15;1-3-9-12(19)17(2)10-7-15-13(14)16-11(10)18(9)8-5-4-6-8;1-2-4-8(5-3-1)9-10-6-7-11-9/h4-6,8-9,12-14,16-17H,3,7,10-11H2,1-2H3;7-9H,3-6H2,1-2H3;1-7H,(H,10,11)/t17-;9-;/m11./s1. The molecule has 2 aromatic carbocycles. The van der Waals surface area contributed by atoms with Crippen molar-refractivity contribution in [2.24, 2.45) is 0 Å². The number of imidazole rings is 2. The van der Waals surface area contributed by atoms with Gasteiger partial charge < -0.3 is 24.6 Å². The van der Waals surface area contributed by atoms with E-state index in [9.17, 15) is 9.59 Å². The molecule has 0 saturated heterocycles. The molecule has 2 atom stereocenters. The number of aromatic amines is 1. The number of carbonyl (C=O) groups excluding carboxylic acids is 2. The zero-order chi connectivity index (χ0) is 41.0. The summed E-state index contributed by atoms with van der Waals surface area (Å²) >= 11 is 5.93.